The van der Waals surface area contributed by atoms with E-state index in [0.29, 0.717) is 11.3 Å². The molecule has 0 saturated heterocycles. The highest BCUT2D eigenvalue weighted by atomic mass is 79.9. The molecular weight excluding hydrogens is 346 g/mol. The Morgan fingerprint density at radius 3 is 2.35 bits per heavy atom. The molecule has 84 valence electrons. The molecule has 0 spiro atoms. The van der Waals surface area contributed by atoms with Gasteiger partial charge in [-0.3, -0.25) is 4.79 Å². The van der Waals surface area contributed by atoms with Crippen LogP contribution in [0.1, 0.15) is 15.9 Å². The first-order valence-electron chi connectivity index (χ1n) is 5.01. The number of ketones is 1. The molecule has 0 amide bonds. The number of hydrogen-bond acceptors (Lipinski definition) is 2. The molecule has 0 bridgehead atoms. The maximum atomic E-state index is 12.2. The summed E-state index contributed by atoms with van der Waals surface area (Å²) in [6.45, 7) is 0. The molecule has 4 heteroatoms. The van der Waals surface area contributed by atoms with Gasteiger partial charge in [-0.15, -0.1) is 0 Å². The second-order valence-corrected chi connectivity index (χ2v) is 5.71. The van der Waals surface area contributed by atoms with E-state index in [1.165, 1.54) is 0 Å². The van der Waals surface area contributed by atoms with Crippen molar-refractivity contribution in [3.05, 3.63) is 50.4 Å². The van der Waals surface area contributed by atoms with Crippen molar-refractivity contribution < 1.29 is 4.79 Å². The maximum Gasteiger partial charge on any atom is 0.194 e. The second-order valence-electron chi connectivity index (χ2n) is 3.94. The van der Waals surface area contributed by atoms with Gasteiger partial charge >= 0.3 is 0 Å². The predicted molar refractivity (Wildman–Crippen MR) is 75.1 cm³/mol. The summed E-state index contributed by atoms with van der Waals surface area (Å²) < 4.78 is 1.73. The Labute approximate surface area is 115 Å². The number of benzene rings is 2. The van der Waals surface area contributed by atoms with Crippen LogP contribution in [0.3, 0.4) is 0 Å². The van der Waals surface area contributed by atoms with Crippen LogP contribution in [-0.4, -0.2) is 5.78 Å². The van der Waals surface area contributed by atoms with Gasteiger partial charge in [0.05, 0.1) is 0 Å². The van der Waals surface area contributed by atoms with E-state index in [0.717, 1.165) is 25.6 Å². The molecule has 17 heavy (non-hydrogen) atoms. The number of carbonyl (C=O) groups is 1. The molecule has 2 N–H and O–H groups in total. The van der Waals surface area contributed by atoms with E-state index >= 15 is 0 Å². The topological polar surface area (TPSA) is 43.1 Å². The molecular formula is C13H7Br2NO. The molecule has 0 atom stereocenters. The molecule has 2 aromatic rings. The van der Waals surface area contributed by atoms with Crippen molar-refractivity contribution in [1.82, 2.24) is 0 Å². The van der Waals surface area contributed by atoms with Crippen LogP contribution in [0.2, 0.25) is 0 Å². The highest BCUT2D eigenvalue weighted by molar-refractivity contribution is 9.10. The minimum atomic E-state index is 0.0375. The third-order valence-corrected chi connectivity index (χ3v) is 4.08. The number of halogens is 2. The van der Waals surface area contributed by atoms with E-state index in [1.807, 2.05) is 24.3 Å². The largest absolute Gasteiger partial charge is 0.398 e. The molecule has 3 rings (SSSR count). The third-order valence-electron chi connectivity index (χ3n) is 2.90. The van der Waals surface area contributed by atoms with E-state index in [-0.39, 0.29) is 5.78 Å². The fourth-order valence-corrected chi connectivity index (χ4v) is 2.79. The summed E-state index contributed by atoms with van der Waals surface area (Å²) in [5.74, 6) is 0.0375. The van der Waals surface area contributed by atoms with Crippen molar-refractivity contribution >= 4 is 43.3 Å². The minimum Gasteiger partial charge on any atom is -0.398 e. The number of carbonyl (C=O) groups excluding carboxylic acids is 1. The van der Waals surface area contributed by atoms with Gasteiger partial charge in [0.1, 0.15) is 0 Å². The van der Waals surface area contributed by atoms with Crippen LogP contribution in [0.4, 0.5) is 5.69 Å². The summed E-state index contributed by atoms with van der Waals surface area (Å²) in [6.07, 6.45) is 0. The van der Waals surface area contributed by atoms with Crippen LogP contribution in [0.15, 0.2) is 39.3 Å². The lowest BCUT2D eigenvalue weighted by atomic mass is 10.1. The van der Waals surface area contributed by atoms with Crippen molar-refractivity contribution in [2.45, 2.75) is 0 Å². The molecule has 0 heterocycles. The normalized spacial score (nSPS) is 12.5. The number of nitrogen functional groups attached to an aromatic ring is 1. The Bertz CT molecular complexity index is 665. The molecule has 0 saturated carbocycles. The summed E-state index contributed by atoms with van der Waals surface area (Å²) in [4.78, 5) is 12.2. The summed E-state index contributed by atoms with van der Waals surface area (Å²) >= 11 is 6.77. The minimum absolute atomic E-state index is 0.0375. The summed E-state index contributed by atoms with van der Waals surface area (Å²) in [7, 11) is 0. The van der Waals surface area contributed by atoms with Gasteiger partial charge in [0.25, 0.3) is 0 Å². The quantitative estimate of drug-likeness (QED) is 0.621. The van der Waals surface area contributed by atoms with Crippen molar-refractivity contribution in [2.24, 2.45) is 0 Å². The average molecular weight is 353 g/mol. The zero-order valence-electron chi connectivity index (χ0n) is 8.63. The number of fused-ring (bicyclic) bond motifs is 3. The van der Waals surface area contributed by atoms with Gasteiger partial charge in [-0.1, -0.05) is 22.0 Å². The zero-order valence-corrected chi connectivity index (χ0v) is 11.8. The van der Waals surface area contributed by atoms with E-state index in [4.69, 9.17) is 5.73 Å². The monoisotopic (exact) mass is 351 g/mol. The van der Waals surface area contributed by atoms with Crippen molar-refractivity contribution in [2.75, 3.05) is 5.73 Å². The molecule has 2 aromatic carbocycles. The lowest BCUT2D eigenvalue weighted by Gasteiger charge is -2.03. The predicted octanol–water partition coefficient (Wildman–Crippen LogP) is 4.01. The molecule has 0 fully saturated rings. The molecule has 0 radical (unpaired) electrons. The van der Waals surface area contributed by atoms with E-state index in [2.05, 4.69) is 31.9 Å². The van der Waals surface area contributed by atoms with Gasteiger partial charge in [-0.25, -0.2) is 0 Å². The first kappa shape index (κ1) is 11.0. The fourth-order valence-electron chi connectivity index (χ4n) is 2.08. The smallest absolute Gasteiger partial charge is 0.194 e. The van der Waals surface area contributed by atoms with E-state index in [1.54, 1.807) is 6.07 Å². The number of anilines is 1. The van der Waals surface area contributed by atoms with Gasteiger partial charge in [0.2, 0.25) is 0 Å². The summed E-state index contributed by atoms with van der Waals surface area (Å²) in [5, 5.41) is 0. The zero-order chi connectivity index (χ0) is 12.2. The van der Waals surface area contributed by atoms with Crippen molar-refractivity contribution in [1.29, 1.82) is 0 Å². The Kier molecular flexibility index (Phi) is 2.38. The van der Waals surface area contributed by atoms with Crippen LogP contribution in [0, 0.1) is 0 Å². The number of nitrogens with two attached hydrogens (primary N) is 1. The van der Waals surface area contributed by atoms with Crippen LogP contribution in [0.5, 0.6) is 0 Å². The third kappa shape index (κ3) is 1.55. The average Bonchev–Trinajstić information content (AvgIpc) is 2.54. The van der Waals surface area contributed by atoms with E-state index in [9.17, 15) is 4.79 Å². The fraction of sp³-hybridized carbons (Fsp3) is 0. The lowest BCUT2D eigenvalue weighted by Crippen LogP contribution is -1.97. The molecule has 1 aliphatic carbocycles. The first-order chi connectivity index (χ1) is 8.08. The molecule has 0 aliphatic heterocycles. The van der Waals surface area contributed by atoms with Crippen molar-refractivity contribution in [3.8, 4) is 11.1 Å². The Morgan fingerprint density at radius 1 is 0.882 bits per heavy atom. The van der Waals surface area contributed by atoms with Crippen LogP contribution < -0.4 is 5.73 Å². The number of hydrogen-bond donors (Lipinski definition) is 1. The Hall–Kier alpha value is -1.13. The van der Waals surface area contributed by atoms with Gasteiger partial charge in [-0.2, -0.15) is 0 Å². The molecule has 0 unspecified atom stereocenters. The molecule has 2 nitrogen and oxygen atoms in total. The maximum absolute atomic E-state index is 12.2. The highest BCUT2D eigenvalue weighted by Crippen LogP contribution is 2.40. The van der Waals surface area contributed by atoms with E-state index < -0.39 is 0 Å². The second kappa shape index (κ2) is 3.68. The summed E-state index contributed by atoms with van der Waals surface area (Å²) in [6, 6.07) is 9.37. The van der Waals surface area contributed by atoms with Crippen LogP contribution in [-0.2, 0) is 0 Å². The van der Waals surface area contributed by atoms with Crippen molar-refractivity contribution in [3.63, 3.8) is 0 Å². The molecule has 1 aliphatic rings. The van der Waals surface area contributed by atoms with Crippen LogP contribution >= 0.6 is 31.9 Å². The summed E-state index contributed by atoms with van der Waals surface area (Å²) in [5.41, 5.74) is 9.72. The highest BCUT2D eigenvalue weighted by Gasteiger charge is 2.27. The van der Waals surface area contributed by atoms with Gasteiger partial charge in [0, 0.05) is 25.8 Å². The molecule has 0 aromatic heterocycles. The first-order valence-corrected chi connectivity index (χ1v) is 6.60. The number of rotatable bonds is 0. The lowest BCUT2D eigenvalue weighted by molar-refractivity contribution is 0.104. The van der Waals surface area contributed by atoms with Gasteiger partial charge in [0.15, 0.2) is 5.78 Å². The Morgan fingerprint density at radius 2 is 1.59 bits per heavy atom. The standard InChI is InChI=1S/C13H7Br2NO/c14-6-1-2-7-8-4-11(15)12(16)5-10(8)13(17)9(7)3-6/h1-5H,16H2. The van der Waals surface area contributed by atoms with Gasteiger partial charge < -0.3 is 5.73 Å². The SMILES string of the molecule is Nc1cc2c(cc1Br)-c1ccc(Br)cc1C2=O. The van der Waals surface area contributed by atoms with Gasteiger partial charge in [-0.05, 0) is 51.3 Å². The Balaban J connectivity index is 2.35. The van der Waals surface area contributed by atoms with Crippen LogP contribution in [0.25, 0.3) is 11.1 Å².